The van der Waals surface area contributed by atoms with Crippen molar-refractivity contribution in [1.29, 1.82) is 0 Å². The third-order valence-electron chi connectivity index (χ3n) is 11.6. The molecule has 2 N–H and O–H groups in total. The summed E-state index contributed by atoms with van der Waals surface area (Å²) in [5.41, 5.74) is 4.31. The Morgan fingerprint density at radius 1 is 0.961 bits per heavy atom. The number of nitrogens with one attached hydrogen (secondary N) is 2. The number of carbonyl (C=O) groups excluding carboxylic acids is 3. The number of hydrogen-bond acceptors (Lipinski definition) is 9. The lowest BCUT2D eigenvalue weighted by atomic mass is 9.71. The molecule has 1 spiro atoms. The van der Waals surface area contributed by atoms with Gasteiger partial charge < -0.3 is 20.0 Å². The topological polar surface area (TPSA) is 133 Å². The molecule has 2 aromatic heterocycles. The zero-order valence-electron chi connectivity index (χ0n) is 29.7. The fourth-order valence-corrected chi connectivity index (χ4v) is 8.80. The van der Waals surface area contributed by atoms with Gasteiger partial charge in [0.15, 0.2) is 0 Å². The molecular formula is C38H47ClN8O4. The van der Waals surface area contributed by atoms with E-state index in [9.17, 15) is 19.2 Å². The molecule has 3 amide bonds. The van der Waals surface area contributed by atoms with Gasteiger partial charge in [-0.15, -0.1) is 0 Å². The van der Waals surface area contributed by atoms with Crippen molar-refractivity contribution in [2.75, 3.05) is 56.5 Å². The highest BCUT2D eigenvalue weighted by Crippen LogP contribution is 2.43. The van der Waals surface area contributed by atoms with Crippen LogP contribution in [0, 0.1) is 12.3 Å². The maximum atomic E-state index is 13.6. The van der Waals surface area contributed by atoms with Crippen molar-refractivity contribution in [2.45, 2.75) is 69.7 Å². The lowest BCUT2D eigenvalue weighted by Gasteiger charge is -2.47. The van der Waals surface area contributed by atoms with E-state index in [1.807, 2.05) is 24.0 Å². The van der Waals surface area contributed by atoms with Gasteiger partial charge in [-0.3, -0.25) is 24.5 Å². The maximum absolute atomic E-state index is 13.6. The number of hydrogen-bond donors (Lipinski definition) is 2. The quantitative estimate of drug-likeness (QED) is 0.363. The first-order valence-corrected chi connectivity index (χ1v) is 18.5. The number of anilines is 2. The third-order valence-corrected chi connectivity index (χ3v) is 12.0. The van der Waals surface area contributed by atoms with Crippen LogP contribution in [0.15, 0.2) is 47.5 Å². The number of likely N-dealkylation sites (tertiary alicyclic amines) is 2. The molecule has 4 aliphatic rings. The Bertz CT molecular complexity index is 1860. The van der Waals surface area contributed by atoms with Crippen LogP contribution < -0.4 is 21.1 Å². The zero-order valence-corrected chi connectivity index (χ0v) is 30.4. The van der Waals surface area contributed by atoms with Crippen molar-refractivity contribution < 1.29 is 14.4 Å². The van der Waals surface area contributed by atoms with Gasteiger partial charge in [0.05, 0.1) is 17.8 Å². The van der Waals surface area contributed by atoms with E-state index in [-0.39, 0.29) is 51.6 Å². The summed E-state index contributed by atoms with van der Waals surface area (Å²) in [6.07, 6.45) is 9.29. The number of imide groups is 1. The number of nitrogens with zero attached hydrogens (tertiary/aromatic N) is 6. The van der Waals surface area contributed by atoms with Gasteiger partial charge in [-0.2, -0.15) is 5.10 Å². The number of pyridine rings is 1. The van der Waals surface area contributed by atoms with Gasteiger partial charge in [0.25, 0.3) is 11.5 Å². The number of piperidine rings is 4. The van der Waals surface area contributed by atoms with E-state index in [0.717, 1.165) is 93.9 Å². The summed E-state index contributed by atoms with van der Waals surface area (Å²) in [5, 5.41) is 10.1. The minimum atomic E-state index is -0.328. The Morgan fingerprint density at radius 3 is 2.35 bits per heavy atom. The monoisotopic (exact) mass is 714 g/mol. The highest BCUT2D eigenvalue weighted by atomic mass is 35.5. The van der Waals surface area contributed by atoms with E-state index >= 15 is 0 Å². The van der Waals surface area contributed by atoms with Crippen LogP contribution in [0.3, 0.4) is 0 Å². The van der Waals surface area contributed by atoms with Crippen molar-refractivity contribution in [3.05, 3.63) is 80.4 Å². The lowest BCUT2D eigenvalue weighted by Crippen LogP contribution is -2.48. The van der Waals surface area contributed by atoms with Crippen molar-refractivity contribution in [3.8, 4) is 0 Å². The second-order valence-corrected chi connectivity index (χ2v) is 15.5. The first-order chi connectivity index (χ1) is 24.5. The Morgan fingerprint density at radius 2 is 1.67 bits per heavy atom. The molecule has 0 aliphatic carbocycles. The van der Waals surface area contributed by atoms with E-state index in [1.54, 1.807) is 19.4 Å². The molecule has 12 nitrogen and oxygen atoms in total. The fourth-order valence-electron chi connectivity index (χ4n) is 8.58. The van der Waals surface area contributed by atoms with Crippen LogP contribution in [-0.2, 0) is 16.6 Å². The van der Waals surface area contributed by atoms with E-state index in [0.29, 0.717) is 18.5 Å². The van der Waals surface area contributed by atoms with E-state index in [1.165, 1.54) is 10.2 Å². The molecule has 270 valence electrons. The summed E-state index contributed by atoms with van der Waals surface area (Å²) in [7, 11) is 3.68. The van der Waals surface area contributed by atoms with Crippen LogP contribution in [0.25, 0.3) is 0 Å². The number of rotatable bonds is 6. The molecule has 1 aromatic carbocycles. The molecule has 3 aromatic rings. The molecule has 3 unspecified atom stereocenters. The number of aryl methyl sites for hydroxylation is 2. The summed E-state index contributed by atoms with van der Waals surface area (Å²) >= 11 is 6.32. The van der Waals surface area contributed by atoms with E-state index in [4.69, 9.17) is 16.6 Å². The van der Waals surface area contributed by atoms with E-state index in [2.05, 4.69) is 50.8 Å². The van der Waals surface area contributed by atoms with Gasteiger partial charge in [-0.25, -0.2) is 9.67 Å². The van der Waals surface area contributed by atoms with Crippen LogP contribution in [0.5, 0.6) is 0 Å². The molecule has 3 atom stereocenters. The summed E-state index contributed by atoms with van der Waals surface area (Å²) in [6.45, 7) is 7.14. The van der Waals surface area contributed by atoms with Crippen LogP contribution in [-0.4, -0.2) is 94.6 Å². The fraction of sp³-hybridized carbons (Fsp3) is 0.526. The molecule has 4 saturated heterocycles. The van der Waals surface area contributed by atoms with Crippen molar-refractivity contribution in [1.82, 2.24) is 29.9 Å². The second-order valence-electron chi connectivity index (χ2n) is 15.1. The molecule has 6 heterocycles. The van der Waals surface area contributed by atoms with Gasteiger partial charge in [0.2, 0.25) is 11.8 Å². The Balaban J connectivity index is 0.912. The van der Waals surface area contributed by atoms with Crippen LogP contribution in [0.4, 0.5) is 11.5 Å². The van der Waals surface area contributed by atoms with Crippen molar-refractivity contribution >= 4 is 40.8 Å². The average molecular weight is 715 g/mol. The van der Waals surface area contributed by atoms with Crippen LogP contribution in [0.1, 0.15) is 83.8 Å². The lowest BCUT2D eigenvalue weighted by molar-refractivity contribution is -0.134. The Labute approximate surface area is 303 Å². The number of aromatic nitrogens is 3. The molecule has 13 heteroatoms. The molecule has 0 saturated carbocycles. The number of benzene rings is 1. The minimum Gasteiger partial charge on any atom is -0.378 e. The smallest absolute Gasteiger partial charge is 0.287 e. The predicted molar refractivity (Wildman–Crippen MR) is 196 cm³/mol. The first kappa shape index (κ1) is 35.1. The highest BCUT2D eigenvalue weighted by molar-refractivity contribution is 6.32. The van der Waals surface area contributed by atoms with Crippen molar-refractivity contribution in [2.24, 2.45) is 12.5 Å². The minimum absolute atomic E-state index is 0.0952. The van der Waals surface area contributed by atoms with E-state index < -0.39 is 0 Å². The average Bonchev–Trinajstić information content (AvgIpc) is 3.12. The Kier molecular flexibility index (Phi) is 9.91. The standard InChI is InChI=1S/C38H47ClN8O4/c1-24-18-27(30-8-9-32(48)43-35(30)49)20-40-34(24)46-14-10-38(11-15-46)12-16-47(17-13-38)36(50)26-6-4-25(5-7-26)28-19-29(23-44(2)22-28)42-31-21-41-45(3)37(51)33(31)39/h4-7,18,20-21,28-30,42H,8-17,19,22-23H2,1-3H3,(H,43,48,49). The summed E-state index contributed by atoms with van der Waals surface area (Å²) < 4.78 is 1.23. The molecule has 0 bridgehead atoms. The molecule has 4 fully saturated rings. The molecule has 7 rings (SSSR count). The summed E-state index contributed by atoms with van der Waals surface area (Å²) in [4.78, 5) is 61.2. The third kappa shape index (κ3) is 7.39. The highest BCUT2D eigenvalue weighted by Gasteiger charge is 2.39. The number of likely N-dealkylation sites (N-methyl/N-ethyl adjacent to an activating group) is 1. The zero-order chi connectivity index (χ0) is 35.9. The first-order valence-electron chi connectivity index (χ1n) is 18.1. The summed E-state index contributed by atoms with van der Waals surface area (Å²) in [5.74, 6) is 0.562. The van der Waals surface area contributed by atoms with Gasteiger partial charge in [0.1, 0.15) is 10.8 Å². The van der Waals surface area contributed by atoms with Gasteiger partial charge in [-0.1, -0.05) is 29.8 Å². The maximum Gasteiger partial charge on any atom is 0.287 e. The number of halogens is 1. The van der Waals surface area contributed by atoms with Gasteiger partial charge in [0, 0.05) is 70.5 Å². The van der Waals surface area contributed by atoms with Crippen LogP contribution in [0.2, 0.25) is 5.02 Å². The molecule has 51 heavy (non-hydrogen) atoms. The molecule has 4 aliphatic heterocycles. The van der Waals surface area contributed by atoms with Crippen molar-refractivity contribution in [3.63, 3.8) is 0 Å². The van der Waals surface area contributed by atoms with Gasteiger partial charge in [-0.05, 0) is 92.7 Å². The normalized spacial score (nSPS) is 24.0. The largest absolute Gasteiger partial charge is 0.378 e. The molecule has 0 radical (unpaired) electrons. The second kappa shape index (κ2) is 14.4. The summed E-state index contributed by atoms with van der Waals surface area (Å²) in [6, 6.07) is 10.3. The Hall–Kier alpha value is -4.29. The van der Waals surface area contributed by atoms with Gasteiger partial charge >= 0.3 is 0 Å². The number of carbonyl (C=O) groups is 3. The predicted octanol–water partition coefficient (Wildman–Crippen LogP) is 4.08. The SMILES string of the molecule is Cc1cc(C2CCC(=O)NC2=O)cnc1N1CCC2(CCN(C(=O)c3ccc(C4CC(Nc5cnn(C)c(=O)c5Cl)CN(C)C4)cc3)CC2)CC1. The number of amides is 3. The molecular weight excluding hydrogens is 668 g/mol. The van der Waals surface area contributed by atoms with Crippen LogP contribution >= 0.6 is 11.6 Å².